The molecule has 32 heavy (non-hydrogen) atoms. The maximum Gasteiger partial charge on any atom is 0.0669 e. The van der Waals surface area contributed by atoms with Crippen LogP contribution in [0.25, 0.3) is 43.8 Å². The van der Waals surface area contributed by atoms with Crippen LogP contribution in [0.3, 0.4) is 0 Å². The average molecular weight is 409 g/mol. The third-order valence-electron chi connectivity index (χ3n) is 5.93. The fourth-order valence-electron chi connectivity index (χ4n) is 4.61. The zero-order valence-electron chi connectivity index (χ0n) is 17.5. The van der Waals surface area contributed by atoms with Crippen molar-refractivity contribution in [1.82, 2.24) is 0 Å². The topological polar surface area (TPSA) is 47.6 Å². The molecule has 0 aliphatic heterocycles. The third-order valence-corrected chi connectivity index (χ3v) is 5.93. The lowest BCUT2D eigenvalue weighted by molar-refractivity contribution is 1.26. The Morgan fingerprint density at radius 3 is 1.19 bits per heavy atom. The molecule has 0 aliphatic rings. The lowest BCUT2D eigenvalue weighted by Crippen LogP contribution is -1.92. The number of hydrogen-bond acceptors (Lipinski definition) is 2. The lowest BCUT2D eigenvalue weighted by Gasteiger charge is -2.18. The van der Waals surface area contributed by atoms with E-state index in [-0.39, 0.29) is 0 Å². The van der Waals surface area contributed by atoms with Gasteiger partial charge < -0.3 is 0 Å². The van der Waals surface area contributed by atoms with Gasteiger partial charge in [0, 0.05) is 0 Å². The molecule has 0 radical (unpaired) electrons. The van der Waals surface area contributed by atoms with Crippen LogP contribution < -0.4 is 0 Å². The smallest absolute Gasteiger partial charge is 0.0669 e. The fourth-order valence-corrected chi connectivity index (χ4v) is 4.61. The quantitative estimate of drug-likeness (QED) is 0.290. The molecular formula is C30H20N2. The van der Waals surface area contributed by atoms with Crippen LogP contribution in [0, 0.1) is 22.7 Å². The zero-order chi connectivity index (χ0) is 21.9. The van der Waals surface area contributed by atoms with Crippen molar-refractivity contribution in [2.45, 2.75) is 12.8 Å². The van der Waals surface area contributed by atoms with Gasteiger partial charge in [0.15, 0.2) is 0 Å². The van der Waals surface area contributed by atoms with E-state index in [0.29, 0.717) is 12.8 Å². The fraction of sp³-hybridized carbons (Fsp3) is 0.0667. The maximum atomic E-state index is 9.18. The van der Waals surface area contributed by atoms with Crippen LogP contribution in [0.5, 0.6) is 0 Å². The van der Waals surface area contributed by atoms with Gasteiger partial charge in [0.05, 0.1) is 25.0 Å². The van der Waals surface area contributed by atoms with Crippen LogP contribution in [0.2, 0.25) is 0 Å². The Labute approximate surface area is 187 Å². The second kappa shape index (κ2) is 8.38. The summed E-state index contributed by atoms with van der Waals surface area (Å²) in [6.07, 6.45) is 0.793. The highest BCUT2D eigenvalue weighted by molar-refractivity contribution is 6.21. The second-order valence-corrected chi connectivity index (χ2v) is 7.91. The molecule has 2 heteroatoms. The molecule has 0 unspecified atom stereocenters. The van der Waals surface area contributed by atoms with Crippen molar-refractivity contribution >= 4 is 21.5 Å². The Hall–Kier alpha value is -4.40. The average Bonchev–Trinajstić information content (AvgIpc) is 2.83. The van der Waals surface area contributed by atoms with Crippen molar-refractivity contribution in [3.05, 3.63) is 108 Å². The van der Waals surface area contributed by atoms with E-state index >= 15 is 0 Å². The minimum absolute atomic E-state index is 0.396. The van der Waals surface area contributed by atoms with Gasteiger partial charge in [0.1, 0.15) is 0 Å². The molecule has 0 saturated carbocycles. The summed E-state index contributed by atoms with van der Waals surface area (Å²) in [5.74, 6) is 0. The first-order valence-corrected chi connectivity index (χ1v) is 10.7. The molecule has 0 spiro atoms. The van der Waals surface area contributed by atoms with Crippen molar-refractivity contribution in [3.63, 3.8) is 0 Å². The molecule has 0 atom stereocenters. The minimum atomic E-state index is 0.396. The number of nitrogens with zero attached hydrogens (tertiary/aromatic N) is 2. The monoisotopic (exact) mass is 408 g/mol. The van der Waals surface area contributed by atoms with Gasteiger partial charge in [-0.05, 0) is 54.9 Å². The largest absolute Gasteiger partial charge is 0.198 e. The number of rotatable bonds is 4. The third kappa shape index (κ3) is 3.39. The van der Waals surface area contributed by atoms with Crippen molar-refractivity contribution in [2.75, 3.05) is 0 Å². The molecule has 0 fully saturated rings. The predicted molar refractivity (Wildman–Crippen MR) is 131 cm³/mol. The van der Waals surface area contributed by atoms with Crippen LogP contribution in [-0.2, 0) is 12.8 Å². The van der Waals surface area contributed by atoms with Crippen molar-refractivity contribution in [1.29, 1.82) is 10.5 Å². The van der Waals surface area contributed by atoms with E-state index < -0.39 is 0 Å². The molecular weight excluding hydrogens is 388 g/mol. The van der Waals surface area contributed by atoms with Gasteiger partial charge in [-0.15, -0.1) is 0 Å². The summed E-state index contributed by atoms with van der Waals surface area (Å²) in [6.45, 7) is 0. The van der Waals surface area contributed by atoms with Gasteiger partial charge in [-0.1, -0.05) is 97.1 Å². The first kappa shape index (κ1) is 19.6. The van der Waals surface area contributed by atoms with Gasteiger partial charge in [-0.2, -0.15) is 10.5 Å². The standard InChI is InChI=1S/C30H20N2/c31-17-15-21-7-5-9-23(19-21)29-25-11-1-2-12-26(25)30(28-14-4-3-13-27(28)29)24-10-6-8-22(20-24)16-18-32/h1-14,19-20H,15-16H2. The van der Waals surface area contributed by atoms with E-state index in [2.05, 4.69) is 84.9 Å². The van der Waals surface area contributed by atoms with E-state index in [1.165, 1.54) is 32.7 Å². The summed E-state index contributed by atoms with van der Waals surface area (Å²) in [5.41, 5.74) is 6.66. The molecule has 5 rings (SSSR count). The molecule has 0 aromatic heterocycles. The summed E-state index contributed by atoms with van der Waals surface area (Å²) in [6, 6.07) is 38.1. The van der Waals surface area contributed by atoms with E-state index in [1.54, 1.807) is 0 Å². The molecule has 0 aliphatic carbocycles. The normalized spacial score (nSPS) is 10.7. The van der Waals surface area contributed by atoms with E-state index in [9.17, 15) is 10.5 Å². The van der Waals surface area contributed by atoms with E-state index in [0.717, 1.165) is 22.3 Å². The van der Waals surface area contributed by atoms with Crippen LogP contribution in [0.1, 0.15) is 11.1 Å². The molecule has 0 saturated heterocycles. The van der Waals surface area contributed by atoms with Crippen LogP contribution in [-0.4, -0.2) is 0 Å². The number of benzene rings is 5. The Morgan fingerprint density at radius 1 is 0.469 bits per heavy atom. The van der Waals surface area contributed by atoms with Gasteiger partial charge >= 0.3 is 0 Å². The molecule has 0 N–H and O–H groups in total. The summed E-state index contributed by atoms with van der Waals surface area (Å²) >= 11 is 0. The van der Waals surface area contributed by atoms with E-state index in [1.807, 2.05) is 24.3 Å². The van der Waals surface area contributed by atoms with Crippen molar-refractivity contribution in [3.8, 4) is 34.4 Å². The Morgan fingerprint density at radius 2 is 0.844 bits per heavy atom. The van der Waals surface area contributed by atoms with E-state index in [4.69, 9.17) is 0 Å². The molecule has 0 heterocycles. The molecule has 5 aromatic rings. The van der Waals surface area contributed by atoms with Crippen LogP contribution in [0.4, 0.5) is 0 Å². The molecule has 0 bridgehead atoms. The number of fused-ring (bicyclic) bond motifs is 2. The molecule has 0 amide bonds. The summed E-state index contributed by atoms with van der Waals surface area (Å²) < 4.78 is 0. The van der Waals surface area contributed by atoms with Crippen LogP contribution >= 0.6 is 0 Å². The second-order valence-electron chi connectivity index (χ2n) is 7.91. The highest BCUT2D eigenvalue weighted by Crippen LogP contribution is 2.43. The summed E-state index contributed by atoms with van der Waals surface area (Å²) in [4.78, 5) is 0. The summed E-state index contributed by atoms with van der Waals surface area (Å²) in [5, 5.41) is 23.1. The Bertz CT molecular complexity index is 1370. The van der Waals surface area contributed by atoms with Gasteiger partial charge in [-0.25, -0.2) is 0 Å². The lowest BCUT2D eigenvalue weighted by atomic mass is 9.85. The van der Waals surface area contributed by atoms with Gasteiger partial charge in [0.2, 0.25) is 0 Å². The Kier molecular flexibility index (Phi) is 5.12. The molecule has 2 nitrogen and oxygen atoms in total. The van der Waals surface area contributed by atoms with Gasteiger partial charge in [-0.3, -0.25) is 0 Å². The Balaban J connectivity index is 1.89. The minimum Gasteiger partial charge on any atom is -0.198 e. The first-order chi connectivity index (χ1) is 15.8. The van der Waals surface area contributed by atoms with Crippen LogP contribution in [0.15, 0.2) is 97.1 Å². The summed E-state index contributed by atoms with van der Waals surface area (Å²) in [7, 11) is 0. The maximum absolute atomic E-state index is 9.18. The predicted octanol–water partition coefficient (Wildman–Crippen LogP) is 7.46. The molecule has 150 valence electrons. The number of hydrogen-bond donors (Lipinski definition) is 0. The molecule has 5 aromatic carbocycles. The SMILES string of the molecule is N#CCc1cccc(-c2c3ccccc3c(-c3cccc(CC#N)c3)c3ccccc23)c1. The highest BCUT2D eigenvalue weighted by atomic mass is 14.2. The first-order valence-electron chi connectivity index (χ1n) is 10.7. The van der Waals surface area contributed by atoms with Crippen molar-refractivity contribution < 1.29 is 0 Å². The number of nitriles is 2. The zero-order valence-corrected chi connectivity index (χ0v) is 17.5. The van der Waals surface area contributed by atoms with Gasteiger partial charge in [0.25, 0.3) is 0 Å². The highest BCUT2D eigenvalue weighted by Gasteiger charge is 2.16. The van der Waals surface area contributed by atoms with Crippen molar-refractivity contribution in [2.24, 2.45) is 0 Å².